The second-order valence-electron chi connectivity index (χ2n) is 6.91. The van der Waals surface area contributed by atoms with Gasteiger partial charge in [-0.15, -0.1) is 0 Å². The maximum atomic E-state index is 5.36. The average molecular weight is 279 g/mol. The Morgan fingerprint density at radius 2 is 1.40 bits per heavy atom. The number of benzene rings is 1. The lowest BCUT2D eigenvalue weighted by molar-refractivity contribution is 0.370. The van der Waals surface area contributed by atoms with E-state index in [1.54, 1.807) is 14.2 Å². The van der Waals surface area contributed by atoms with E-state index in [1.807, 2.05) is 6.07 Å². The molecule has 0 atom stereocenters. The van der Waals surface area contributed by atoms with Crippen LogP contribution in [0.1, 0.15) is 46.6 Å². The minimum atomic E-state index is 0.0695. The lowest BCUT2D eigenvalue weighted by atomic mass is 9.81. The van der Waals surface area contributed by atoms with Crippen molar-refractivity contribution >= 4 is 0 Å². The quantitative estimate of drug-likeness (QED) is 0.860. The largest absolute Gasteiger partial charge is 0.497 e. The zero-order valence-electron chi connectivity index (χ0n) is 14.0. The fourth-order valence-corrected chi connectivity index (χ4v) is 2.09. The summed E-state index contributed by atoms with van der Waals surface area (Å²) < 4.78 is 10.7. The van der Waals surface area contributed by atoms with Crippen LogP contribution in [0.5, 0.6) is 11.5 Å². The monoisotopic (exact) mass is 279 g/mol. The van der Waals surface area contributed by atoms with Crippen LogP contribution in [0.3, 0.4) is 0 Å². The van der Waals surface area contributed by atoms with Crippen molar-refractivity contribution in [2.24, 2.45) is 0 Å². The fraction of sp³-hybridized carbons (Fsp3) is 0.647. The molecule has 1 aromatic rings. The molecule has 0 heterocycles. The normalized spacial score (nSPS) is 12.3. The molecule has 0 spiro atoms. The molecular formula is C17H29NO2. The number of rotatable bonds is 6. The first-order valence-corrected chi connectivity index (χ1v) is 7.16. The van der Waals surface area contributed by atoms with Crippen molar-refractivity contribution in [1.29, 1.82) is 0 Å². The van der Waals surface area contributed by atoms with Gasteiger partial charge < -0.3 is 14.8 Å². The van der Waals surface area contributed by atoms with Crippen molar-refractivity contribution in [1.82, 2.24) is 5.32 Å². The molecule has 0 fully saturated rings. The number of ether oxygens (including phenoxy) is 2. The molecular weight excluding hydrogens is 250 g/mol. The first-order valence-electron chi connectivity index (χ1n) is 7.16. The minimum absolute atomic E-state index is 0.0695. The lowest BCUT2D eigenvalue weighted by Crippen LogP contribution is -2.38. The van der Waals surface area contributed by atoms with E-state index < -0.39 is 0 Å². The van der Waals surface area contributed by atoms with E-state index in [1.165, 1.54) is 5.56 Å². The molecule has 3 nitrogen and oxygen atoms in total. The van der Waals surface area contributed by atoms with E-state index in [0.29, 0.717) is 0 Å². The van der Waals surface area contributed by atoms with E-state index >= 15 is 0 Å². The van der Waals surface area contributed by atoms with Gasteiger partial charge in [0.05, 0.1) is 14.2 Å². The van der Waals surface area contributed by atoms with Gasteiger partial charge in [-0.3, -0.25) is 0 Å². The Hall–Kier alpha value is -1.22. The summed E-state index contributed by atoms with van der Waals surface area (Å²) in [6, 6.07) is 6.10. The fourth-order valence-electron chi connectivity index (χ4n) is 2.09. The smallest absolute Gasteiger partial charge is 0.122 e. The maximum Gasteiger partial charge on any atom is 0.122 e. The molecule has 20 heavy (non-hydrogen) atoms. The third-order valence-corrected chi connectivity index (χ3v) is 3.54. The first-order chi connectivity index (χ1) is 9.18. The van der Waals surface area contributed by atoms with Gasteiger partial charge in [0.15, 0.2) is 0 Å². The molecule has 0 aliphatic rings. The molecule has 0 aliphatic heterocycles. The minimum Gasteiger partial charge on any atom is -0.497 e. The molecule has 0 bridgehead atoms. The highest BCUT2D eigenvalue weighted by atomic mass is 16.5. The van der Waals surface area contributed by atoms with E-state index in [2.05, 4.69) is 52.1 Å². The standard InChI is InChI=1S/C17H29NO2/c1-16(2,3)18-9-8-17(4,5)13-10-14(19-6)12-15(11-13)20-7/h10-12,18H,8-9H2,1-7H3. The van der Waals surface area contributed by atoms with Gasteiger partial charge in [0, 0.05) is 11.6 Å². The van der Waals surface area contributed by atoms with Crippen molar-refractivity contribution in [2.45, 2.75) is 52.0 Å². The van der Waals surface area contributed by atoms with Crippen LogP contribution in [0.15, 0.2) is 18.2 Å². The molecule has 1 N–H and O–H groups in total. The van der Waals surface area contributed by atoms with Crippen molar-refractivity contribution in [3.05, 3.63) is 23.8 Å². The second kappa shape index (κ2) is 6.49. The van der Waals surface area contributed by atoms with Crippen LogP contribution in [0.25, 0.3) is 0 Å². The summed E-state index contributed by atoms with van der Waals surface area (Å²) in [5.74, 6) is 1.69. The molecule has 0 saturated carbocycles. The molecule has 0 amide bonds. The van der Waals surface area contributed by atoms with Crippen molar-refractivity contribution in [3.8, 4) is 11.5 Å². The lowest BCUT2D eigenvalue weighted by Gasteiger charge is -2.29. The molecule has 0 saturated heterocycles. The first kappa shape index (κ1) is 16.8. The highest BCUT2D eigenvalue weighted by molar-refractivity contribution is 5.41. The van der Waals surface area contributed by atoms with Crippen molar-refractivity contribution in [3.63, 3.8) is 0 Å². The van der Waals surface area contributed by atoms with Crippen molar-refractivity contribution < 1.29 is 9.47 Å². The van der Waals surface area contributed by atoms with Gasteiger partial charge >= 0.3 is 0 Å². The summed E-state index contributed by atoms with van der Waals surface area (Å²) in [6.45, 7) is 12.1. The van der Waals surface area contributed by atoms with E-state index in [-0.39, 0.29) is 11.0 Å². The molecule has 0 aliphatic carbocycles. The SMILES string of the molecule is COc1cc(OC)cc(C(C)(C)CCNC(C)(C)C)c1. The Labute approximate surface area is 123 Å². The van der Waals surface area contributed by atoms with Gasteiger partial charge in [0.25, 0.3) is 0 Å². The van der Waals surface area contributed by atoms with Gasteiger partial charge in [0.1, 0.15) is 11.5 Å². The van der Waals surface area contributed by atoms with Gasteiger partial charge in [0.2, 0.25) is 0 Å². The predicted molar refractivity (Wildman–Crippen MR) is 84.9 cm³/mol. The summed E-state index contributed by atoms with van der Waals surface area (Å²) in [4.78, 5) is 0. The van der Waals surface area contributed by atoms with E-state index in [4.69, 9.17) is 9.47 Å². The number of nitrogens with one attached hydrogen (secondary N) is 1. The number of hydrogen-bond acceptors (Lipinski definition) is 3. The summed E-state index contributed by atoms with van der Waals surface area (Å²) in [5.41, 5.74) is 1.46. The molecule has 1 rings (SSSR count). The van der Waals surface area contributed by atoms with Gasteiger partial charge in [-0.1, -0.05) is 13.8 Å². The Bertz CT molecular complexity index is 411. The van der Waals surface area contributed by atoms with Crippen LogP contribution in [0, 0.1) is 0 Å². The topological polar surface area (TPSA) is 30.5 Å². The second-order valence-corrected chi connectivity index (χ2v) is 6.91. The molecule has 0 radical (unpaired) electrons. The van der Waals surface area contributed by atoms with Crippen LogP contribution in [-0.4, -0.2) is 26.3 Å². The Balaban J connectivity index is 2.85. The molecule has 1 aromatic carbocycles. The predicted octanol–water partition coefficient (Wildman–Crippen LogP) is 3.76. The van der Waals surface area contributed by atoms with E-state index in [0.717, 1.165) is 24.5 Å². The van der Waals surface area contributed by atoms with Crippen LogP contribution in [0.2, 0.25) is 0 Å². The summed E-state index contributed by atoms with van der Waals surface area (Å²) in [7, 11) is 3.37. The van der Waals surface area contributed by atoms with Gasteiger partial charge in [-0.05, 0) is 56.8 Å². The van der Waals surface area contributed by atoms with E-state index in [9.17, 15) is 0 Å². The van der Waals surface area contributed by atoms with Crippen LogP contribution in [0.4, 0.5) is 0 Å². The molecule has 0 unspecified atom stereocenters. The summed E-state index contributed by atoms with van der Waals surface area (Å²) in [6.07, 6.45) is 1.06. The third kappa shape index (κ3) is 5.04. The van der Waals surface area contributed by atoms with Crippen LogP contribution in [-0.2, 0) is 5.41 Å². The maximum absolute atomic E-state index is 5.36. The Morgan fingerprint density at radius 3 is 1.80 bits per heavy atom. The molecule has 0 aromatic heterocycles. The Morgan fingerprint density at radius 1 is 0.900 bits per heavy atom. The zero-order chi connectivity index (χ0) is 15.4. The van der Waals surface area contributed by atoms with Crippen LogP contribution >= 0.6 is 0 Å². The number of hydrogen-bond donors (Lipinski definition) is 1. The highest BCUT2D eigenvalue weighted by Gasteiger charge is 2.22. The van der Waals surface area contributed by atoms with Crippen molar-refractivity contribution in [2.75, 3.05) is 20.8 Å². The summed E-state index contributed by atoms with van der Waals surface area (Å²) in [5, 5.41) is 3.54. The summed E-state index contributed by atoms with van der Waals surface area (Å²) >= 11 is 0. The van der Waals surface area contributed by atoms with Gasteiger partial charge in [-0.2, -0.15) is 0 Å². The third-order valence-electron chi connectivity index (χ3n) is 3.54. The number of methoxy groups -OCH3 is 2. The van der Waals surface area contributed by atoms with Gasteiger partial charge in [-0.25, -0.2) is 0 Å². The molecule has 114 valence electrons. The van der Waals surface area contributed by atoms with Crippen LogP contribution < -0.4 is 14.8 Å². The average Bonchev–Trinajstić information content (AvgIpc) is 2.36. The highest BCUT2D eigenvalue weighted by Crippen LogP contribution is 2.33. The zero-order valence-corrected chi connectivity index (χ0v) is 14.0. The Kier molecular flexibility index (Phi) is 5.46. The molecule has 3 heteroatoms.